The number of benzene rings is 2. The monoisotopic (exact) mass is 686 g/mol. The van der Waals surface area contributed by atoms with Gasteiger partial charge in [-0.05, 0) is 83.6 Å². The van der Waals surface area contributed by atoms with E-state index in [9.17, 15) is 9.59 Å². The molecule has 0 bridgehead atoms. The summed E-state index contributed by atoms with van der Waals surface area (Å²) < 4.78 is 3.03. The number of amides is 1. The number of rotatable bonds is 7. The van der Waals surface area contributed by atoms with Gasteiger partial charge in [-0.1, -0.05) is 67.0 Å². The number of carbonyl (C=O) groups is 2. The number of nitrogens with zero attached hydrogens (tertiary/aromatic N) is 6. The predicted molar refractivity (Wildman–Crippen MR) is 189 cm³/mol. The molecule has 0 aliphatic carbocycles. The van der Waals surface area contributed by atoms with Crippen LogP contribution in [0.4, 0.5) is 11.6 Å². The normalized spacial score (nSPS) is 10.0. The van der Waals surface area contributed by atoms with Crippen molar-refractivity contribution in [3.8, 4) is 0 Å². The molecule has 6 rings (SSSR count). The number of carboxylic acids is 1. The zero-order valence-corrected chi connectivity index (χ0v) is 27.1. The van der Waals surface area contributed by atoms with Crippen LogP contribution in [0.25, 0.3) is 0 Å². The van der Waals surface area contributed by atoms with Crippen molar-refractivity contribution in [2.75, 3.05) is 11.1 Å². The summed E-state index contributed by atoms with van der Waals surface area (Å²) in [6.07, 6.45) is 8.40. The van der Waals surface area contributed by atoms with E-state index < -0.39 is 5.97 Å². The van der Waals surface area contributed by atoms with Crippen LogP contribution in [-0.4, -0.2) is 46.5 Å². The highest BCUT2D eigenvalue weighted by atomic mass is 35.5. The van der Waals surface area contributed by atoms with E-state index in [-0.39, 0.29) is 19.0 Å². The minimum atomic E-state index is -0.990. The molecule has 2 aromatic carbocycles. The second-order valence-corrected chi connectivity index (χ2v) is 11.1. The lowest BCUT2D eigenvalue weighted by Crippen LogP contribution is -2.14. The maximum Gasteiger partial charge on any atom is 0.356 e. The van der Waals surface area contributed by atoms with Crippen LogP contribution < -0.4 is 11.1 Å². The van der Waals surface area contributed by atoms with Gasteiger partial charge in [0.1, 0.15) is 11.6 Å². The lowest BCUT2D eigenvalue weighted by atomic mass is 10.1. The highest BCUT2D eigenvalue weighted by molar-refractivity contribution is 6.30. The second-order valence-electron chi connectivity index (χ2n) is 10.3. The second kappa shape index (κ2) is 18.0. The van der Waals surface area contributed by atoms with Gasteiger partial charge in [0.15, 0.2) is 11.4 Å². The van der Waals surface area contributed by atoms with E-state index in [4.69, 9.17) is 34.0 Å². The standard InChI is InChI=1S/C17H15ClN4O.C12H11ClN2.C5H6N2O2.CH4/c1-22-8-7-15(21-22)17(23)20-16-6-5-13(11-19-16)9-12-3-2-4-14(18)10-12;13-11-3-1-2-9(7-11)6-10-4-5-12(14)15-8-10;1-7-3-2-4(6-7)5(8)9;/h2-8,10-11H,9H2,1H3,(H,19,20,23);1-5,7-8H,6H2,(H2,14,15);2-3H,1H3,(H,8,9);1H4. The van der Waals surface area contributed by atoms with Crippen LogP contribution in [0.2, 0.25) is 10.0 Å². The number of carboxylic acid groups (broad SMARTS) is 1. The minimum Gasteiger partial charge on any atom is -0.476 e. The SMILES string of the molecule is C.Cn1ccc(C(=O)Nc2ccc(Cc3cccc(Cl)c3)cn2)n1.Cn1ccc(C(=O)O)n1.Nc1ccc(Cc2cccc(Cl)c2)cn1. The van der Waals surface area contributed by atoms with Crippen LogP contribution in [-0.2, 0) is 26.9 Å². The molecule has 11 nitrogen and oxygen atoms in total. The van der Waals surface area contributed by atoms with Crippen molar-refractivity contribution in [3.63, 3.8) is 0 Å². The first-order chi connectivity index (χ1) is 22.5. The fourth-order valence-corrected chi connectivity index (χ4v) is 4.58. The average molecular weight is 688 g/mol. The summed E-state index contributed by atoms with van der Waals surface area (Å²) in [5, 5.41) is 20.2. The number of hydrogen-bond acceptors (Lipinski definition) is 7. The Morgan fingerprint density at radius 3 is 1.65 bits per heavy atom. The van der Waals surface area contributed by atoms with Crippen molar-refractivity contribution >= 4 is 46.7 Å². The largest absolute Gasteiger partial charge is 0.476 e. The van der Waals surface area contributed by atoms with E-state index in [0.717, 1.165) is 39.6 Å². The number of pyridine rings is 2. The number of aryl methyl sites for hydroxylation is 2. The lowest BCUT2D eigenvalue weighted by Gasteiger charge is -2.05. The molecule has 0 spiro atoms. The predicted octanol–water partition coefficient (Wildman–Crippen LogP) is 6.97. The molecule has 0 unspecified atom stereocenters. The van der Waals surface area contributed by atoms with Crippen molar-refractivity contribution in [2.24, 2.45) is 14.1 Å². The Hall–Kier alpha value is -5.52. The third-order valence-corrected chi connectivity index (χ3v) is 6.86. The van der Waals surface area contributed by atoms with Gasteiger partial charge in [-0.25, -0.2) is 14.8 Å². The van der Waals surface area contributed by atoms with Gasteiger partial charge in [0.25, 0.3) is 5.91 Å². The third-order valence-electron chi connectivity index (χ3n) is 6.39. The number of anilines is 2. The molecule has 4 N–H and O–H groups in total. The molecule has 6 aromatic rings. The highest BCUT2D eigenvalue weighted by Gasteiger charge is 2.10. The van der Waals surface area contributed by atoms with Gasteiger partial charge in [0.2, 0.25) is 0 Å². The molecule has 0 aliphatic rings. The fourth-order valence-electron chi connectivity index (χ4n) is 4.15. The Morgan fingerprint density at radius 2 is 1.25 bits per heavy atom. The Balaban J connectivity index is 0.000000214. The maximum absolute atomic E-state index is 12.0. The van der Waals surface area contributed by atoms with Gasteiger partial charge in [0, 0.05) is 48.9 Å². The van der Waals surface area contributed by atoms with Crippen molar-refractivity contribution in [1.82, 2.24) is 29.5 Å². The molecule has 0 radical (unpaired) electrons. The Kier molecular flexibility index (Phi) is 13.8. The minimum absolute atomic E-state index is 0. The summed E-state index contributed by atoms with van der Waals surface area (Å²) in [5.74, 6) is -0.225. The third kappa shape index (κ3) is 12.0. The number of hydrogen-bond donors (Lipinski definition) is 3. The number of halogens is 2. The Labute approximate surface area is 289 Å². The van der Waals surface area contributed by atoms with Gasteiger partial charge >= 0.3 is 5.97 Å². The Bertz CT molecular complexity index is 1920. The smallest absolute Gasteiger partial charge is 0.356 e. The molecule has 48 heavy (non-hydrogen) atoms. The van der Waals surface area contributed by atoms with E-state index in [1.165, 1.54) is 16.3 Å². The summed E-state index contributed by atoms with van der Waals surface area (Å²) in [6, 6.07) is 26.1. The first-order valence-corrected chi connectivity index (χ1v) is 15.0. The van der Waals surface area contributed by atoms with Gasteiger partial charge in [0.05, 0.1) is 0 Å². The number of nitrogens with one attached hydrogen (secondary N) is 1. The molecular formula is C35H36Cl2N8O3. The zero-order chi connectivity index (χ0) is 33.8. The van der Waals surface area contributed by atoms with E-state index >= 15 is 0 Å². The van der Waals surface area contributed by atoms with E-state index in [2.05, 4.69) is 25.5 Å². The molecular weight excluding hydrogens is 651 g/mol. The molecule has 13 heteroatoms. The van der Waals surface area contributed by atoms with Gasteiger partial charge in [-0.15, -0.1) is 0 Å². The van der Waals surface area contributed by atoms with E-state index in [1.807, 2.05) is 60.7 Å². The van der Waals surface area contributed by atoms with Crippen molar-refractivity contribution < 1.29 is 14.7 Å². The molecule has 4 aromatic heterocycles. The number of nitrogen functional groups attached to an aromatic ring is 1. The summed E-state index contributed by atoms with van der Waals surface area (Å²) in [7, 11) is 3.44. The molecule has 0 fully saturated rings. The lowest BCUT2D eigenvalue weighted by molar-refractivity contribution is 0.0689. The van der Waals surface area contributed by atoms with Crippen LogP contribution in [0.1, 0.15) is 50.7 Å². The maximum atomic E-state index is 12.0. The molecule has 0 atom stereocenters. The average Bonchev–Trinajstić information content (AvgIpc) is 3.68. The summed E-state index contributed by atoms with van der Waals surface area (Å²) in [6.45, 7) is 0. The molecule has 1 amide bonds. The molecule has 0 saturated heterocycles. The topological polar surface area (TPSA) is 154 Å². The van der Waals surface area contributed by atoms with E-state index in [0.29, 0.717) is 17.3 Å². The van der Waals surface area contributed by atoms with E-state index in [1.54, 1.807) is 61.8 Å². The number of aromatic nitrogens is 6. The molecule has 4 heterocycles. The quantitative estimate of drug-likeness (QED) is 0.163. The van der Waals surface area contributed by atoms with Crippen LogP contribution in [0.5, 0.6) is 0 Å². The molecule has 0 saturated carbocycles. The van der Waals surface area contributed by atoms with Crippen LogP contribution in [0.15, 0.2) is 110 Å². The van der Waals surface area contributed by atoms with Crippen LogP contribution in [0.3, 0.4) is 0 Å². The van der Waals surface area contributed by atoms with Crippen LogP contribution >= 0.6 is 23.2 Å². The van der Waals surface area contributed by atoms with Crippen molar-refractivity contribution in [3.05, 3.63) is 153 Å². The summed E-state index contributed by atoms with van der Waals surface area (Å²) in [5.41, 5.74) is 10.4. The van der Waals surface area contributed by atoms with Gasteiger partial charge in [-0.2, -0.15) is 10.2 Å². The first-order valence-electron chi connectivity index (χ1n) is 14.2. The molecule has 248 valence electrons. The summed E-state index contributed by atoms with van der Waals surface area (Å²) in [4.78, 5) is 30.5. The number of aromatic carboxylic acids is 1. The Morgan fingerprint density at radius 1 is 0.729 bits per heavy atom. The first kappa shape index (κ1) is 36.9. The van der Waals surface area contributed by atoms with Gasteiger partial charge < -0.3 is 16.2 Å². The highest BCUT2D eigenvalue weighted by Crippen LogP contribution is 2.16. The summed E-state index contributed by atoms with van der Waals surface area (Å²) >= 11 is 11.9. The number of carbonyl (C=O) groups excluding carboxylic acids is 1. The fraction of sp³-hybridized carbons (Fsp3) is 0.143. The van der Waals surface area contributed by atoms with Crippen molar-refractivity contribution in [2.45, 2.75) is 20.3 Å². The van der Waals surface area contributed by atoms with Gasteiger partial charge in [-0.3, -0.25) is 14.2 Å². The number of nitrogens with two attached hydrogens (primary N) is 1. The van der Waals surface area contributed by atoms with Crippen LogP contribution in [0, 0.1) is 0 Å². The zero-order valence-electron chi connectivity index (χ0n) is 25.6. The molecule has 0 aliphatic heterocycles. The van der Waals surface area contributed by atoms with Crippen molar-refractivity contribution in [1.29, 1.82) is 0 Å².